The molecule has 0 spiro atoms. The number of likely N-dealkylation sites (tertiary alicyclic amines) is 1. The van der Waals surface area contributed by atoms with Crippen LogP contribution in [-0.4, -0.2) is 28.7 Å². The van der Waals surface area contributed by atoms with Crippen molar-refractivity contribution in [2.24, 2.45) is 0 Å². The van der Waals surface area contributed by atoms with Crippen molar-refractivity contribution in [3.63, 3.8) is 0 Å². The number of rotatable bonds is 5. The van der Waals surface area contributed by atoms with E-state index in [1.807, 2.05) is 18.3 Å². The summed E-state index contributed by atoms with van der Waals surface area (Å²) in [6, 6.07) is 4.81. The van der Waals surface area contributed by atoms with E-state index in [4.69, 9.17) is 9.26 Å². The first-order chi connectivity index (χ1) is 9.78. The van der Waals surface area contributed by atoms with Crippen molar-refractivity contribution >= 4 is 11.3 Å². The molecule has 1 aliphatic rings. The monoisotopic (exact) mass is 293 g/mol. The number of hydrogen-bond acceptors (Lipinski definition) is 6. The summed E-state index contributed by atoms with van der Waals surface area (Å²) in [7, 11) is 1.65. The molecule has 2 aromatic heterocycles. The van der Waals surface area contributed by atoms with Crippen molar-refractivity contribution in [2.45, 2.75) is 38.5 Å². The molecule has 1 fully saturated rings. The van der Waals surface area contributed by atoms with Crippen molar-refractivity contribution in [3.05, 3.63) is 34.1 Å². The zero-order valence-electron chi connectivity index (χ0n) is 11.8. The van der Waals surface area contributed by atoms with Crippen molar-refractivity contribution in [1.82, 2.24) is 15.0 Å². The minimum Gasteiger partial charge on any atom is -0.374 e. The van der Waals surface area contributed by atoms with Gasteiger partial charge in [0.25, 0.3) is 0 Å². The average Bonchev–Trinajstić information content (AvgIpc) is 3.18. The quantitative estimate of drug-likeness (QED) is 0.847. The van der Waals surface area contributed by atoms with Gasteiger partial charge in [0.15, 0.2) is 5.82 Å². The molecule has 0 radical (unpaired) electrons. The molecule has 0 aromatic carbocycles. The molecule has 2 atom stereocenters. The van der Waals surface area contributed by atoms with E-state index in [1.54, 1.807) is 7.11 Å². The number of hydrogen-bond donors (Lipinski definition) is 0. The van der Waals surface area contributed by atoms with Gasteiger partial charge in [-0.25, -0.2) is 0 Å². The highest BCUT2D eigenvalue weighted by molar-refractivity contribution is 7.10. The summed E-state index contributed by atoms with van der Waals surface area (Å²) in [5.74, 6) is 1.29. The predicted octanol–water partition coefficient (Wildman–Crippen LogP) is 3.18. The number of nitrogens with zero attached hydrogens (tertiary/aromatic N) is 3. The summed E-state index contributed by atoms with van der Waals surface area (Å²) in [4.78, 5) is 8.26. The van der Waals surface area contributed by atoms with Crippen LogP contribution in [0.4, 0.5) is 0 Å². The van der Waals surface area contributed by atoms with Crippen LogP contribution in [-0.2, 0) is 11.3 Å². The minimum absolute atomic E-state index is 0.126. The Balaban J connectivity index is 1.69. The molecule has 1 saturated heterocycles. The minimum atomic E-state index is -0.126. The Morgan fingerprint density at radius 2 is 2.50 bits per heavy atom. The Morgan fingerprint density at radius 1 is 1.60 bits per heavy atom. The lowest BCUT2D eigenvalue weighted by molar-refractivity contribution is 0.109. The van der Waals surface area contributed by atoms with Gasteiger partial charge in [-0.3, -0.25) is 4.90 Å². The standard InChI is InChI=1S/C14H19N3O2S/c1-10(18-2)14-15-13(19-16-14)9-17-7-3-5-11(17)12-6-4-8-20-12/h4,6,8,10-11H,3,5,7,9H2,1-2H3/t10-,11+/m1/s1. The van der Waals surface area contributed by atoms with Gasteiger partial charge in [0.05, 0.1) is 6.54 Å². The second kappa shape index (κ2) is 6.03. The van der Waals surface area contributed by atoms with Crippen LogP contribution in [0, 0.1) is 0 Å². The van der Waals surface area contributed by atoms with Gasteiger partial charge >= 0.3 is 0 Å². The van der Waals surface area contributed by atoms with Crippen molar-refractivity contribution < 1.29 is 9.26 Å². The van der Waals surface area contributed by atoms with Crippen LogP contribution in [0.15, 0.2) is 22.0 Å². The molecule has 3 rings (SSSR count). The van der Waals surface area contributed by atoms with E-state index >= 15 is 0 Å². The molecular weight excluding hydrogens is 274 g/mol. The summed E-state index contributed by atoms with van der Waals surface area (Å²) < 4.78 is 10.5. The molecule has 6 heteroatoms. The second-order valence-corrected chi connectivity index (χ2v) is 6.05. The first kappa shape index (κ1) is 13.7. The summed E-state index contributed by atoms with van der Waals surface area (Å²) >= 11 is 1.82. The number of thiophene rings is 1. The van der Waals surface area contributed by atoms with Crippen LogP contribution in [0.5, 0.6) is 0 Å². The number of aromatic nitrogens is 2. The molecule has 108 valence electrons. The third kappa shape index (κ3) is 2.77. The molecule has 0 aliphatic carbocycles. The third-order valence-corrected chi connectivity index (χ3v) is 4.75. The van der Waals surface area contributed by atoms with Crippen molar-refractivity contribution in [3.8, 4) is 0 Å². The van der Waals surface area contributed by atoms with Gasteiger partial charge in [0.1, 0.15) is 6.10 Å². The van der Waals surface area contributed by atoms with E-state index in [9.17, 15) is 0 Å². The Labute approximate surface area is 122 Å². The highest BCUT2D eigenvalue weighted by Gasteiger charge is 2.28. The van der Waals surface area contributed by atoms with Crippen LogP contribution in [0.2, 0.25) is 0 Å². The van der Waals surface area contributed by atoms with Crippen LogP contribution in [0.1, 0.15) is 48.5 Å². The summed E-state index contributed by atoms with van der Waals surface area (Å²) in [5, 5.41) is 6.12. The third-order valence-electron chi connectivity index (χ3n) is 3.77. The number of ether oxygens (including phenoxy) is 1. The van der Waals surface area contributed by atoms with Crippen LogP contribution < -0.4 is 0 Å². The lowest BCUT2D eigenvalue weighted by atomic mass is 10.2. The molecule has 1 aliphatic heterocycles. The molecule has 20 heavy (non-hydrogen) atoms. The predicted molar refractivity (Wildman–Crippen MR) is 76.4 cm³/mol. The molecule has 2 aromatic rings. The summed E-state index contributed by atoms with van der Waals surface area (Å²) in [6.07, 6.45) is 2.30. The molecule has 5 nitrogen and oxygen atoms in total. The largest absolute Gasteiger partial charge is 0.374 e. The molecule has 3 heterocycles. The Morgan fingerprint density at radius 3 is 3.25 bits per heavy atom. The van der Waals surface area contributed by atoms with E-state index in [0.29, 0.717) is 24.3 Å². The smallest absolute Gasteiger partial charge is 0.240 e. The lowest BCUT2D eigenvalue weighted by Crippen LogP contribution is -2.22. The summed E-state index contributed by atoms with van der Waals surface area (Å²) in [6.45, 7) is 3.71. The van der Waals surface area contributed by atoms with Gasteiger partial charge in [0, 0.05) is 18.0 Å². The van der Waals surface area contributed by atoms with Crippen LogP contribution in [0.3, 0.4) is 0 Å². The molecule has 0 N–H and O–H groups in total. The van der Waals surface area contributed by atoms with Gasteiger partial charge in [0.2, 0.25) is 5.89 Å². The van der Waals surface area contributed by atoms with Gasteiger partial charge in [-0.2, -0.15) is 4.98 Å². The lowest BCUT2D eigenvalue weighted by Gasteiger charge is -2.21. The molecule has 0 unspecified atom stereocenters. The van der Waals surface area contributed by atoms with E-state index in [0.717, 1.165) is 6.54 Å². The molecule has 0 bridgehead atoms. The topological polar surface area (TPSA) is 51.4 Å². The normalized spacial score (nSPS) is 21.4. The van der Waals surface area contributed by atoms with E-state index in [2.05, 4.69) is 32.6 Å². The first-order valence-corrected chi connectivity index (χ1v) is 7.78. The van der Waals surface area contributed by atoms with Crippen LogP contribution >= 0.6 is 11.3 Å². The Kier molecular flexibility index (Phi) is 4.14. The van der Waals surface area contributed by atoms with Gasteiger partial charge in [-0.1, -0.05) is 11.2 Å². The Bertz CT molecular complexity index is 540. The fourth-order valence-corrected chi connectivity index (χ4v) is 3.49. The molecule has 0 saturated carbocycles. The van der Waals surface area contributed by atoms with Gasteiger partial charge in [-0.15, -0.1) is 11.3 Å². The maximum atomic E-state index is 5.34. The van der Waals surface area contributed by atoms with Gasteiger partial charge < -0.3 is 9.26 Å². The highest BCUT2D eigenvalue weighted by Crippen LogP contribution is 2.35. The van der Waals surface area contributed by atoms with Crippen LogP contribution in [0.25, 0.3) is 0 Å². The zero-order chi connectivity index (χ0) is 13.9. The van der Waals surface area contributed by atoms with E-state index < -0.39 is 0 Å². The average molecular weight is 293 g/mol. The maximum Gasteiger partial charge on any atom is 0.240 e. The number of methoxy groups -OCH3 is 1. The second-order valence-electron chi connectivity index (χ2n) is 5.07. The van der Waals surface area contributed by atoms with E-state index in [-0.39, 0.29) is 6.10 Å². The fourth-order valence-electron chi connectivity index (χ4n) is 2.59. The van der Waals surface area contributed by atoms with Crippen molar-refractivity contribution in [1.29, 1.82) is 0 Å². The fraction of sp³-hybridized carbons (Fsp3) is 0.571. The SMILES string of the molecule is CO[C@H](C)c1noc(CN2CCC[C@H]2c2cccs2)n1. The molecule has 0 amide bonds. The zero-order valence-corrected chi connectivity index (χ0v) is 12.6. The van der Waals surface area contributed by atoms with E-state index in [1.165, 1.54) is 17.7 Å². The van der Waals surface area contributed by atoms with Crippen molar-refractivity contribution in [2.75, 3.05) is 13.7 Å². The maximum absolute atomic E-state index is 5.34. The molecular formula is C14H19N3O2S. The first-order valence-electron chi connectivity index (χ1n) is 6.90. The van der Waals surface area contributed by atoms with Gasteiger partial charge in [-0.05, 0) is 37.8 Å². The summed E-state index contributed by atoms with van der Waals surface area (Å²) in [5.41, 5.74) is 0. The Hall–Kier alpha value is -1.24. The highest BCUT2D eigenvalue weighted by atomic mass is 32.1.